The van der Waals surface area contributed by atoms with Gasteiger partial charge in [0.15, 0.2) is 0 Å². The molecule has 1 unspecified atom stereocenters. The summed E-state index contributed by atoms with van der Waals surface area (Å²) < 4.78 is 8.97. The van der Waals surface area contributed by atoms with Crippen LogP contribution in [0.5, 0.6) is 0 Å². The second-order valence-corrected chi connectivity index (χ2v) is 14.7. The Hall–Kier alpha value is -6.64. The summed E-state index contributed by atoms with van der Waals surface area (Å²) in [7, 11) is 0. The minimum atomic E-state index is 0.431. The lowest BCUT2D eigenvalue weighted by Crippen LogP contribution is -2.02. The van der Waals surface area contributed by atoms with E-state index in [4.69, 9.17) is 4.42 Å². The van der Waals surface area contributed by atoms with E-state index in [0.29, 0.717) is 5.92 Å². The monoisotopic (exact) mass is 659 g/mol. The molecule has 2 aromatic heterocycles. The first-order chi connectivity index (χ1) is 25.8. The molecule has 0 N–H and O–H groups in total. The molecular weight excluding hydrogens is 631 g/mol. The highest BCUT2D eigenvalue weighted by molar-refractivity contribution is 6.29. The van der Waals surface area contributed by atoms with Crippen molar-refractivity contribution >= 4 is 60.6 Å². The van der Waals surface area contributed by atoms with Crippen LogP contribution < -0.4 is 0 Å². The molecule has 0 aliphatic heterocycles. The molecule has 0 fully saturated rings. The van der Waals surface area contributed by atoms with Crippen molar-refractivity contribution in [3.8, 4) is 50.2 Å². The summed E-state index contributed by atoms with van der Waals surface area (Å²) in [5, 5.41) is 7.53. The number of allylic oxidation sites excluding steroid dienone is 1. The first-order valence-corrected chi connectivity index (χ1v) is 18.3. The van der Waals surface area contributed by atoms with Gasteiger partial charge in [-0.05, 0) is 121 Å². The van der Waals surface area contributed by atoms with E-state index in [0.717, 1.165) is 34.0 Å². The third kappa shape index (κ3) is 3.31. The second-order valence-electron chi connectivity index (χ2n) is 14.7. The smallest absolute Gasteiger partial charge is 0.135 e. The van der Waals surface area contributed by atoms with Crippen molar-refractivity contribution in [2.75, 3.05) is 0 Å². The van der Waals surface area contributed by atoms with Crippen LogP contribution in [0.1, 0.15) is 29.0 Å². The SMILES string of the molecule is C1=Cc2c(-c3ccc4oc5ccc(-n6c7ccccc7c7c8cccc9c8c(cc76)-c6ccccc6-9)cc5c4c3)ccc3c2C(C1)c1ccccc1-3. The van der Waals surface area contributed by atoms with E-state index >= 15 is 0 Å². The second kappa shape index (κ2) is 9.57. The number of furan rings is 1. The van der Waals surface area contributed by atoms with Gasteiger partial charge in [-0.1, -0.05) is 115 Å². The van der Waals surface area contributed by atoms with Crippen molar-refractivity contribution in [2.24, 2.45) is 0 Å². The highest BCUT2D eigenvalue weighted by Crippen LogP contribution is 2.53. The molecule has 0 amide bonds. The normalized spacial score (nSPS) is 15.0. The van der Waals surface area contributed by atoms with Gasteiger partial charge in [-0.2, -0.15) is 0 Å². The van der Waals surface area contributed by atoms with Gasteiger partial charge in [0, 0.05) is 33.2 Å². The molecule has 0 spiro atoms. The number of benzene rings is 8. The Morgan fingerprint density at radius 3 is 2.13 bits per heavy atom. The Kier molecular flexibility index (Phi) is 4.99. The molecule has 1 atom stereocenters. The Labute approximate surface area is 299 Å². The Morgan fingerprint density at radius 2 is 1.21 bits per heavy atom. The Balaban J connectivity index is 1.04. The first kappa shape index (κ1) is 27.1. The Morgan fingerprint density at radius 1 is 0.481 bits per heavy atom. The number of aromatic nitrogens is 1. The predicted molar refractivity (Wildman–Crippen MR) is 216 cm³/mol. The average Bonchev–Trinajstić information content (AvgIpc) is 3.93. The van der Waals surface area contributed by atoms with Gasteiger partial charge in [-0.15, -0.1) is 0 Å². The van der Waals surface area contributed by atoms with E-state index in [1.165, 1.54) is 93.8 Å². The largest absolute Gasteiger partial charge is 0.456 e. The minimum absolute atomic E-state index is 0.431. The first-order valence-electron chi connectivity index (χ1n) is 18.3. The number of hydrogen-bond acceptors (Lipinski definition) is 1. The molecule has 0 radical (unpaired) electrons. The van der Waals surface area contributed by atoms with Crippen LogP contribution in [0.4, 0.5) is 0 Å². The summed E-state index contributed by atoms with van der Waals surface area (Å²) in [6.07, 6.45) is 5.77. The molecular formula is C50H29NO. The van der Waals surface area contributed by atoms with Crippen LogP contribution in [-0.2, 0) is 0 Å². The van der Waals surface area contributed by atoms with Crippen LogP contribution in [0.2, 0.25) is 0 Å². The van der Waals surface area contributed by atoms with Crippen LogP contribution in [0.3, 0.4) is 0 Å². The number of nitrogens with zero attached hydrogens (tertiary/aromatic N) is 1. The summed E-state index contributed by atoms with van der Waals surface area (Å²) in [6.45, 7) is 0. The summed E-state index contributed by atoms with van der Waals surface area (Å²) in [5.74, 6) is 0.431. The minimum Gasteiger partial charge on any atom is -0.456 e. The van der Waals surface area contributed by atoms with Crippen molar-refractivity contribution in [3.05, 3.63) is 168 Å². The van der Waals surface area contributed by atoms with E-state index in [-0.39, 0.29) is 0 Å². The van der Waals surface area contributed by atoms with Crippen LogP contribution in [0, 0.1) is 0 Å². The molecule has 2 heteroatoms. The molecule has 0 bridgehead atoms. The van der Waals surface area contributed by atoms with Crippen LogP contribution >= 0.6 is 0 Å². The molecule has 3 aliphatic rings. The average molecular weight is 660 g/mol. The van der Waals surface area contributed by atoms with Crippen LogP contribution in [0.25, 0.3) is 111 Å². The quantitative estimate of drug-likeness (QED) is 0.181. The van der Waals surface area contributed by atoms with Gasteiger partial charge in [0.1, 0.15) is 11.2 Å². The summed E-state index contributed by atoms with van der Waals surface area (Å²) in [5.41, 5.74) is 20.3. The number of para-hydroxylation sites is 1. The maximum atomic E-state index is 6.51. The molecule has 10 aromatic rings. The van der Waals surface area contributed by atoms with Crippen LogP contribution in [-0.4, -0.2) is 4.57 Å². The van der Waals surface area contributed by atoms with E-state index in [2.05, 4.69) is 162 Å². The standard InChI is InChI=1S/C50H29NO/c1-2-10-32-31(9-1)36-15-7-14-35-30(21-22-38(32)48(35)36)28-19-23-46-41(25-28)42-26-29(20-24-47(42)52-46)51-44-18-6-5-13-39(44)50-40-17-8-16-37-33-11-3-4-12-34(33)43(49(37)40)27-45(50)51/h1-14,16-27,36H,15H2. The molecule has 2 nitrogen and oxygen atoms in total. The van der Waals surface area contributed by atoms with Gasteiger partial charge in [0.05, 0.1) is 11.0 Å². The number of rotatable bonds is 2. The molecule has 2 heterocycles. The molecule has 52 heavy (non-hydrogen) atoms. The third-order valence-electron chi connectivity index (χ3n) is 12.2. The summed E-state index contributed by atoms with van der Waals surface area (Å²) in [4.78, 5) is 0. The van der Waals surface area contributed by atoms with E-state index in [1.807, 2.05) is 0 Å². The number of fused-ring (bicyclic) bond motifs is 13. The molecule has 13 rings (SSSR count). The fraction of sp³-hybridized carbons (Fsp3) is 0.0400. The van der Waals surface area contributed by atoms with Gasteiger partial charge in [0.2, 0.25) is 0 Å². The van der Waals surface area contributed by atoms with Crippen molar-refractivity contribution in [3.63, 3.8) is 0 Å². The highest BCUT2D eigenvalue weighted by atomic mass is 16.3. The topological polar surface area (TPSA) is 18.1 Å². The van der Waals surface area contributed by atoms with E-state index < -0.39 is 0 Å². The molecule has 3 aliphatic carbocycles. The molecule has 0 saturated heterocycles. The van der Waals surface area contributed by atoms with Gasteiger partial charge in [0.25, 0.3) is 0 Å². The maximum absolute atomic E-state index is 6.51. The lowest BCUT2D eigenvalue weighted by molar-refractivity contribution is 0.669. The Bertz CT molecular complexity index is 3280. The van der Waals surface area contributed by atoms with Gasteiger partial charge >= 0.3 is 0 Å². The van der Waals surface area contributed by atoms with Crippen molar-refractivity contribution in [1.82, 2.24) is 4.57 Å². The lowest BCUT2D eigenvalue weighted by Gasteiger charge is -2.21. The fourth-order valence-corrected chi connectivity index (χ4v) is 10.1. The zero-order valence-electron chi connectivity index (χ0n) is 28.2. The maximum Gasteiger partial charge on any atom is 0.135 e. The summed E-state index contributed by atoms with van der Waals surface area (Å²) in [6, 6.07) is 54.0. The zero-order valence-corrected chi connectivity index (χ0v) is 28.2. The third-order valence-corrected chi connectivity index (χ3v) is 12.2. The van der Waals surface area contributed by atoms with Crippen molar-refractivity contribution < 1.29 is 4.42 Å². The van der Waals surface area contributed by atoms with Crippen molar-refractivity contribution in [2.45, 2.75) is 12.3 Å². The van der Waals surface area contributed by atoms with Gasteiger partial charge in [-0.3, -0.25) is 0 Å². The van der Waals surface area contributed by atoms with Gasteiger partial charge < -0.3 is 8.98 Å². The molecule has 240 valence electrons. The van der Waals surface area contributed by atoms with E-state index in [9.17, 15) is 0 Å². The molecule has 0 saturated carbocycles. The molecule has 8 aromatic carbocycles. The van der Waals surface area contributed by atoms with E-state index in [1.54, 1.807) is 0 Å². The predicted octanol–water partition coefficient (Wildman–Crippen LogP) is 13.7. The van der Waals surface area contributed by atoms with Gasteiger partial charge in [-0.25, -0.2) is 0 Å². The van der Waals surface area contributed by atoms with Crippen molar-refractivity contribution in [1.29, 1.82) is 0 Å². The lowest BCUT2D eigenvalue weighted by atomic mass is 9.82. The number of hydrogen-bond donors (Lipinski definition) is 0. The fourth-order valence-electron chi connectivity index (χ4n) is 10.1. The van der Waals surface area contributed by atoms with Crippen LogP contribution in [0.15, 0.2) is 156 Å². The zero-order chi connectivity index (χ0) is 33.7. The summed E-state index contributed by atoms with van der Waals surface area (Å²) >= 11 is 0. The highest BCUT2D eigenvalue weighted by Gasteiger charge is 2.32.